The molecular weight excluding hydrogens is 290 g/mol. The second-order valence-electron chi connectivity index (χ2n) is 6.23. The molecule has 2 atom stereocenters. The largest absolute Gasteiger partial charge is 0.389 e. The number of hydrogen-bond acceptors (Lipinski definition) is 4. The molecule has 0 radical (unpaired) electrons. The van der Waals surface area contributed by atoms with Gasteiger partial charge >= 0.3 is 0 Å². The van der Waals surface area contributed by atoms with Crippen molar-refractivity contribution in [1.82, 2.24) is 4.31 Å². The molecule has 1 N–H and O–H groups in total. The molecule has 6 heteroatoms. The number of hydrogen-bond donors (Lipinski definition) is 1. The molecule has 21 heavy (non-hydrogen) atoms. The predicted molar refractivity (Wildman–Crippen MR) is 80.5 cm³/mol. The van der Waals surface area contributed by atoms with Crippen LogP contribution >= 0.6 is 0 Å². The number of benzene rings is 1. The molecule has 1 aromatic carbocycles. The Labute approximate surface area is 126 Å². The molecule has 1 aromatic rings. The monoisotopic (exact) mass is 313 g/mol. The van der Waals surface area contributed by atoms with E-state index < -0.39 is 21.7 Å². The van der Waals surface area contributed by atoms with Crippen LogP contribution in [0.1, 0.15) is 39.4 Å². The van der Waals surface area contributed by atoms with Crippen LogP contribution in [0.3, 0.4) is 0 Å². The number of morpholine rings is 1. The highest BCUT2D eigenvalue weighted by Crippen LogP contribution is 2.27. The quantitative estimate of drug-likeness (QED) is 0.926. The highest BCUT2D eigenvalue weighted by atomic mass is 32.2. The summed E-state index contributed by atoms with van der Waals surface area (Å²) in [6.45, 7) is 7.99. The SMILES string of the molecule is CC1CN(S(=O)(=O)c2ccc(C(C)O)cc2)CC(C)(C)O1. The zero-order valence-corrected chi connectivity index (χ0v) is 13.7. The number of aliphatic hydroxyl groups excluding tert-OH is 1. The topological polar surface area (TPSA) is 66.8 Å². The van der Waals surface area contributed by atoms with Gasteiger partial charge in [0.25, 0.3) is 0 Å². The van der Waals surface area contributed by atoms with Gasteiger partial charge in [0.2, 0.25) is 10.0 Å². The van der Waals surface area contributed by atoms with Gasteiger partial charge in [-0.25, -0.2) is 8.42 Å². The van der Waals surface area contributed by atoms with E-state index >= 15 is 0 Å². The Morgan fingerprint density at radius 2 is 1.90 bits per heavy atom. The van der Waals surface area contributed by atoms with Crippen LogP contribution in [0.4, 0.5) is 0 Å². The normalized spacial score (nSPS) is 24.7. The fraction of sp³-hybridized carbons (Fsp3) is 0.600. The molecule has 2 rings (SSSR count). The molecular formula is C15H23NO4S. The molecule has 1 fully saturated rings. The zero-order chi connectivity index (χ0) is 15.8. The maximum absolute atomic E-state index is 12.7. The van der Waals surface area contributed by atoms with E-state index in [0.717, 1.165) is 0 Å². The van der Waals surface area contributed by atoms with Crippen molar-refractivity contribution in [1.29, 1.82) is 0 Å². The number of nitrogens with zero attached hydrogens (tertiary/aromatic N) is 1. The predicted octanol–water partition coefficient (Wildman–Crippen LogP) is 1.93. The Balaban J connectivity index is 2.29. The van der Waals surface area contributed by atoms with Crippen LogP contribution in [0.5, 0.6) is 0 Å². The van der Waals surface area contributed by atoms with Crippen molar-refractivity contribution in [3.8, 4) is 0 Å². The first kappa shape index (κ1) is 16.4. The minimum atomic E-state index is -3.54. The van der Waals surface area contributed by atoms with E-state index in [1.165, 1.54) is 4.31 Å². The van der Waals surface area contributed by atoms with Crippen LogP contribution < -0.4 is 0 Å². The molecule has 118 valence electrons. The van der Waals surface area contributed by atoms with Crippen LogP contribution in [-0.4, -0.2) is 42.6 Å². The Morgan fingerprint density at radius 3 is 2.38 bits per heavy atom. The van der Waals surface area contributed by atoms with Crippen LogP contribution in [0.25, 0.3) is 0 Å². The Hall–Kier alpha value is -0.950. The van der Waals surface area contributed by atoms with Gasteiger partial charge in [-0.2, -0.15) is 4.31 Å². The number of rotatable bonds is 3. The van der Waals surface area contributed by atoms with Gasteiger partial charge in [0.15, 0.2) is 0 Å². The van der Waals surface area contributed by atoms with Crippen LogP contribution in [0, 0.1) is 0 Å². The minimum absolute atomic E-state index is 0.139. The average molecular weight is 313 g/mol. The van der Waals surface area contributed by atoms with Crippen molar-refractivity contribution in [2.75, 3.05) is 13.1 Å². The van der Waals surface area contributed by atoms with Gasteiger partial charge in [0.1, 0.15) is 0 Å². The lowest BCUT2D eigenvalue weighted by molar-refractivity contribution is -0.109. The molecule has 0 spiro atoms. The summed E-state index contributed by atoms with van der Waals surface area (Å²) in [4.78, 5) is 0.247. The average Bonchev–Trinajstić information content (AvgIpc) is 2.36. The van der Waals surface area contributed by atoms with Crippen LogP contribution in [0.2, 0.25) is 0 Å². The first-order valence-electron chi connectivity index (χ1n) is 7.08. The highest BCUT2D eigenvalue weighted by Gasteiger charge is 2.37. The fourth-order valence-electron chi connectivity index (χ4n) is 2.65. The maximum atomic E-state index is 12.7. The minimum Gasteiger partial charge on any atom is -0.389 e. The Morgan fingerprint density at radius 1 is 1.33 bits per heavy atom. The molecule has 0 saturated carbocycles. The Kier molecular flexibility index (Phi) is 4.44. The van der Waals surface area contributed by atoms with E-state index in [0.29, 0.717) is 18.7 Å². The lowest BCUT2D eigenvalue weighted by Gasteiger charge is -2.40. The molecule has 0 bridgehead atoms. The fourth-order valence-corrected chi connectivity index (χ4v) is 4.31. The smallest absolute Gasteiger partial charge is 0.243 e. The summed E-state index contributed by atoms with van der Waals surface area (Å²) in [7, 11) is -3.54. The molecule has 0 aromatic heterocycles. The van der Waals surface area contributed by atoms with Crippen molar-refractivity contribution in [3.05, 3.63) is 29.8 Å². The van der Waals surface area contributed by atoms with Gasteiger partial charge in [0, 0.05) is 13.1 Å². The number of sulfonamides is 1. The molecule has 1 saturated heterocycles. The summed E-state index contributed by atoms with van der Waals surface area (Å²) >= 11 is 0. The first-order chi connectivity index (χ1) is 9.62. The van der Waals surface area contributed by atoms with Crippen LogP contribution in [-0.2, 0) is 14.8 Å². The number of ether oxygens (including phenoxy) is 1. The van der Waals surface area contributed by atoms with E-state index in [1.54, 1.807) is 31.2 Å². The zero-order valence-electron chi connectivity index (χ0n) is 12.9. The maximum Gasteiger partial charge on any atom is 0.243 e. The van der Waals surface area contributed by atoms with Crippen molar-refractivity contribution in [2.45, 2.75) is 50.4 Å². The first-order valence-corrected chi connectivity index (χ1v) is 8.52. The summed E-state index contributed by atoms with van der Waals surface area (Å²) in [5, 5.41) is 9.49. The van der Waals surface area contributed by atoms with Crippen molar-refractivity contribution in [2.24, 2.45) is 0 Å². The van der Waals surface area contributed by atoms with Crippen molar-refractivity contribution in [3.63, 3.8) is 0 Å². The van der Waals surface area contributed by atoms with Gasteiger partial charge in [-0.1, -0.05) is 12.1 Å². The van der Waals surface area contributed by atoms with Gasteiger partial charge in [-0.15, -0.1) is 0 Å². The van der Waals surface area contributed by atoms with Gasteiger partial charge < -0.3 is 9.84 Å². The second-order valence-corrected chi connectivity index (χ2v) is 8.17. The molecule has 1 aliphatic rings. The molecule has 0 amide bonds. The van der Waals surface area contributed by atoms with Crippen molar-refractivity contribution < 1.29 is 18.3 Å². The molecule has 1 aliphatic heterocycles. The van der Waals surface area contributed by atoms with E-state index in [9.17, 15) is 13.5 Å². The highest BCUT2D eigenvalue weighted by molar-refractivity contribution is 7.89. The second kappa shape index (κ2) is 5.68. The van der Waals surface area contributed by atoms with E-state index in [4.69, 9.17) is 4.74 Å². The van der Waals surface area contributed by atoms with Gasteiger partial charge in [-0.3, -0.25) is 0 Å². The Bertz CT molecular complexity index is 593. The van der Waals surface area contributed by atoms with Crippen molar-refractivity contribution >= 4 is 10.0 Å². The molecule has 5 nitrogen and oxygen atoms in total. The summed E-state index contributed by atoms with van der Waals surface area (Å²) < 4.78 is 32.6. The van der Waals surface area contributed by atoms with E-state index in [2.05, 4.69) is 0 Å². The lowest BCUT2D eigenvalue weighted by atomic mass is 10.1. The summed E-state index contributed by atoms with van der Waals surface area (Å²) in [6.07, 6.45) is -0.746. The standard InChI is InChI=1S/C15H23NO4S/c1-11-9-16(10-15(3,4)20-11)21(18,19)14-7-5-13(6-8-14)12(2)17/h5-8,11-12,17H,9-10H2,1-4H3. The lowest BCUT2D eigenvalue weighted by Crippen LogP contribution is -2.53. The summed E-state index contributed by atoms with van der Waals surface area (Å²) in [5.74, 6) is 0. The molecule has 2 unspecified atom stereocenters. The molecule has 1 heterocycles. The van der Waals surface area contributed by atoms with Gasteiger partial charge in [0.05, 0.1) is 22.7 Å². The number of aliphatic hydroxyl groups is 1. The van der Waals surface area contributed by atoms with E-state index in [1.807, 2.05) is 20.8 Å². The third-order valence-corrected chi connectivity index (χ3v) is 5.36. The third-order valence-electron chi connectivity index (χ3n) is 3.54. The summed E-state index contributed by atoms with van der Waals surface area (Å²) in [6, 6.07) is 6.38. The third kappa shape index (κ3) is 3.63. The molecule has 0 aliphatic carbocycles. The summed E-state index contributed by atoms with van der Waals surface area (Å²) in [5.41, 5.74) is 0.203. The van der Waals surface area contributed by atoms with E-state index in [-0.39, 0.29) is 11.0 Å². The van der Waals surface area contributed by atoms with Crippen LogP contribution in [0.15, 0.2) is 29.2 Å². The van der Waals surface area contributed by atoms with Gasteiger partial charge in [-0.05, 0) is 45.4 Å².